The maximum atomic E-state index is 3.43. The minimum atomic E-state index is 0.556. The molecule has 1 saturated heterocycles. The van der Waals surface area contributed by atoms with Gasteiger partial charge in [-0.3, -0.25) is 0 Å². The van der Waals surface area contributed by atoms with Gasteiger partial charge in [-0.15, -0.1) is 11.8 Å². The number of hydrogen-bond donors (Lipinski definition) is 1. The van der Waals surface area contributed by atoms with Gasteiger partial charge in [0.1, 0.15) is 0 Å². The molecular formula is C12H21NS2. The first-order valence-electron chi connectivity index (χ1n) is 5.63. The predicted molar refractivity (Wildman–Crippen MR) is 73.7 cm³/mol. The van der Waals surface area contributed by atoms with Crippen molar-refractivity contribution in [3.05, 3.63) is 0 Å². The Kier molecular flexibility index (Phi) is 6.63. The lowest BCUT2D eigenvalue weighted by Crippen LogP contribution is -2.43. The van der Waals surface area contributed by atoms with E-state index in [2.05, 4.69) is 54.7 Å². The molecule has 15 heavy (non-hydrogen) atoms. The molecule has 0 aliphatic carbocycles. The van der Waals surface area contributed by atoms with E-state index in [0.717, 1.165) is 16.9 Å². The van der Waals surface area contributed by atoms with E-state index in [1.54, 1.807) is 0 Å². The molecule has 1 aliphatic heterocycles. The fourth-order valence-corrected chi connectivity index (χ4v) is 5.21. The van der Waals surface area contributed by atoms with Crippen LogP contribution in [0.3, 0.4) is 0 Å². The van der Waals surface area contributed by atoms with Crippen molar-refractivity contribution in [1.29, 1.82) is 0 Å². The van der Waals surface area contributed by atoms with E-state index >= 15 is 0 Å². The molecule has 0 aromatic carbocycles. The first-order valence-corrected chi connectivity index (χ1v) is 7.73. The SMILES string of the molecule is CC#CCC(NC)C1SCCSC1CC. The largest absolute Gasteiger partial charge is 0.315 e. The summed E-state index contributed by atoms with van der Waals surface area (Å²) in [6.45, 7) is 4.22. The number of thioether (sulfide) groups is 2. The average molecular weight is 243 g/mol. The molecule has 0 saturated carbocycles. The van der Waals surface area contributed by atoms with Gasteiger partial charge in [0.2, 0.25) is 0 Å². The molecule has 0 aromatic heterocycles. The Hall–Kier alpha value is 0.220. The molecule has 3 unspecified atom stereocenters. The summed E-state index contributed by atoms with van der Waals surface area (Å²) in [5.74, 6) is 8.81. The van der Waals surface area contributed by atoms with Gasteiger partial charge in [-0.25, -0.2) is 0 Å². The van der Waals surface area contributed by atoms with Crippen LogP contribution in [-0.4, -0.2) is 35.1 Å². The van der Waals surface area contributed by atoms with Crippen molar-refractivity contribution >= 4 is 23.5 Å². The highest BCUT2D eigenvalue weighted by Crippen LogP contribution is 2.35. The van der Waals surface area contributed by atoms with Crippen LogP contribution in [0.4, 0.5) is 0 Å². The standard InChI is InChI=1S/C12H21NS2/c1-4-6-7-10(13-3)12-11(5-2)14-8-9-15-12/h10-13H,5,7-9H2,1-3H3. The third kappa shape index (κ3) is 3.94. The van der Waals surface area contributed by atoms with Gasteiger partial charge in [0.05, 0.1) is 0 Å². The predicted octanol–water partition coefficient (Wildman–Crippen LogP) is 2.62. The van der Waals surface area contributed by atoms with Crippen LogP contribution in [0.5, 0.6) is 0 Å². The second-order valence-electron chi connectivity index (χ2n) is 3.68. The highest BCUT2D eigenvalue weighted by molar-refractivity contribution is 8.07. The van der Waals surface area contributed by atoms with E-state index in [-0.39, 0.29) is 0 Å². The molecule has 1 fully saturated rings. The molecule has 1 aliphatic rings. The second-order valence-corrected chi connectivity index (χ2v) is 6.31. The maximum Gasteiger partial charge on any atom is 0.0329 e. The third-order valence-corrected chi connectivity index (χ3v) is 6.17. The normalized spacial score (nSPS) is 27.9. The molecule has 1 heterocycles. The van der Waals surface area contributed by atoms with Crippen molar-refractivity contribution in [1.82, 2.24) is 5.32 Å². The number of rotatable bonds is 4. The zero-order valence-corrected chi connectivity index (χ0v) is 11.5. The van der Waals surface area contributed by atoms with Gasteiger partial charge in [0, 0.05) is 34.5 Å². The van der Waals surface area contributed by atoms with Crippen molar-refractivity contribution in [2.24, 2.45) is 0 Å². The summed E-state index contributed by atoms with van der Waals surface area (Å²) in [6.07, 6.45) is 2.27. The summed E-state index contributed by atoms with van der Waals surface area (Å²) >= 11 is 4.27. The smallest absolute Gasteiger partial charge is 0.0329 e. The second kappa shape index (κ2) is 7.49. The van der Waals surface area contributed by atoms with Crippen LogP contribution in [0, 0.1) is 11.8 Å². The van der Waals surface area contributed by atoms with Crippen LogP contribution in [0.1, 0.15) is 26.7 Å². The van der Waals surface area contributed by atoms with Gasteiger partial charge in [-0.2, -0.15) is 23.5 Å². The van der Waals surface area contributed by atoms with Gasteiger partial charge >= 0.3 is 0 Å². The fourth-order valence-electron chi connectivity index (χ4n) is 1.91. The molecule has 0 amide bonds. The summed E-state index contributed by atoms with van der Waals surface area (Å²) < 4.78 is 0. The molecule has 1 N–H and O–H groups in total. The van der Waals surface area contributed by atoms with E-state index in [1.165, 1.54) is 17.9 Å². The van der Waals surface area contributed by atoms with Gasteiger partial charge in [0.25, 0.3) is 0 Å². The van der Waals surface area contributed by atoms with Crippen LogP contribution >= 0.6 is 23.5 Å². The Morgan fingerprint density at radius 2 is 2.13 bits per heavy atom. The molecule has 0 radical (unpaired) electrons. The Morgan fingerprint density at radius 3 is 2.73 bits per heavy atom. The maximum absolute atomic E-state index is 3.43. The van der Waals surface area contributed by atoms with Crippen molar-refractivity contribution in [2.75, 3.05) is 18.6 Å². The first kappa shape index (κ1) is 13.3. The molecular weight excluding hydrogens is 222 g/mol. The Morgan fingerprint density at radius 1 is 1.40 bits per heavy atom. The van der Waals surface area contributed by atoms with E-state index in [0.29, 0.717) is 6.04 Å². The molecule has 1 rings (SSSR count). The molecule has 0 aromatic rings. The molecule has 1 nitrogen and oxygen atoms in total. The third-order valence-electron chi connectivity index (χ3n) is 2.76. The van der Waals surface area contributed by atoms with Crippen molar-refractivity contribution < 1.29 is 0 Å². The average Bonchev–Trinajstić information content (AvgIpc) is 2.30. The fraction of sp³-hybridized carbons (Fsp3) is 0.833. The van der Waals surface area contributed by atoms with E-state index in [1.807, 2.05) is 6.92 Å². The molecule has 3 atom stereocenters. The number of nitrogens with one attached hydrogen (secondary N) is 1. The first-order chi connectivity index (χ1) is 7.33. The van der Waals surface area contributed by atoms with E-state index in [4.69, 9.17) is 0 Å². The van der Waals surface area contributed by atoms with Crippen LogP contribution < -0.4 is 5.32 Å². The summed E-state index contributed by atoms with van der Waals surface area (Å²) in [4.78, 5) is 0. The van der Waals surface area contributed by atoms with Crippen LogP contribution in [-0.2, 0) is 0 Å². The Balaban J connectivity index is 2.57. The lowest BCUT2D eigenvalue weighted by molar-refractivity contribution is 0.530. The lowest BCUT2D eigenvalue weighted by Gasteiger charge is -2.35. The topological polar surface area (TPSA) is 12.0 Å². The van der Waals surface area contributed by atoms with Crippen LogP contribution in [0.15, 0.2) is 0 Å². The van der Waals surface area contributed by atoms with Crippen LogP contribution in [0.25, 0.3) is 0 Å². The van der Waals surface area contributed by atoms with E-state index in [9.17, 15) is 0 Å². The van der Waals surface area contributed by atoms with Crippen LogP contribution in [0.2, 0.25) is 0 Å². The summed E-state index contributed by atoms with van der Waals surface area (Å²) in [7, 11) is 2.06. The highest BCUT2D eigenvalue weighted by Gasteiger charge is 2.30. The quantitative estimate of drug-likeness (QED) is 0.762. The zero-order chi connectivity index (χ0) is 11.1. The molecule has 3 heteroatoms. The monoisotopic (exact) mass is 243 g/mol. The van der Waals surface area contributed by atoms with Crippen molar-refractivity contribution in [3.63, 3.8) is 0 Å². The summed E-state index contributed by atoms with van der Waals surface area (Å²) in [6, 6.07) is 0.556. The summed E-state index contributed by atoms with van der Waals surface area (Å²) in [5, 5.41) is 4.98. The van der Waals surface area contributed by atoms with Gasteiger partial charge < -0.3 is 5.32 Å². The minimum Gasteiger partial charge on any atom is -0.315 e. The van der Waals surface area contributed by atoms with Gasteiger partial charge in [-0.1, -0.05) is 6.92 Å². The Bertz CT molecular complexity index is 232. The molecule has 86 valence electrons. The van der Waals surface area contributed by atoms with E-state index < -0.39 is 0 Å². The Labute approximate surface area is 103 Å². The molecule has 0 spiro atoms. The van der Waals surface area contributed by atoms with Crippen molar-refractivity contribution in [3.8, 4) is 11.8 Å². The van der Waals surface area contributed by atoms with Crippen molar-refractivity contribution in [2.45, 2.75) is 43.2 Å². The lowest BCUT2D eigenvalue weighted by atomic mass is 10.1. The molecule has 0 bridgehead atoms. The highest BCUT2D eigenvalue weighted by atomic mass is 32.2. The summed E-state index contributed by atoms with van der Waals surface area (Å²) in [5.41, 5.74) is 0. The zero-order valence-electron chi connectivity index (χ0n) is 9.88. The van der Waals surface area contributed by atoms with Gasteiger partial charge in [-0.05, 0) is 20.4 Å². The minimum absolute atomic E-state index is 0.556. The number of hydrogen-bond acceptors (Lipinski definition) is 3. The van der Waals surface area contributed by atoms with Gasteiger partial charge in [0.15, 0.2) is 0 Å².